The fourth-order valence-electron chi connectivity index (χ4n) is 2.18. The molecule has 1 aromatic carbocycles. The van der Waals surface area contributed by atoms with Crippen LogP contribution in [0.5, 0.6) is 0 Å². The predicted molar refractivity (Wildman–Crippen MR) is 73.2 cm³/mol. The molecule has 6 nitrogen and oxygen atoms in total. The van der Waals surface area contributed by atoms with Crippen LogP contribution in [0.3, 0.4) is 0 Å². The molecule has 0 aliphatic carbocycles. The first kappa shape index (κ1) is 12.4. The minimum Gasteiger partial charge on any atom is -0.347 e. The molecule has 0 saturated heterocycles. The van der Waals surface area contributed by atoms with Crippen molar-refractivity contribution in [2.45, 2.75) is 19.4 Å². The monoisotopic (exact) mass is 270 g/mol. The van der Waals surface area contributed by atoms with E-state index in [-0.39, 0.29) is 11.8 Å². The fourth-order valence-corrected chi connectivity index (χ4v) is 2.18. The molecule has 3 N–H and O–H groups in total. The molecule has 0 saturated carbocycles. The van der Waals surface area contributed by atoms with Gasteiger partial charge in [-0.05, 0) is 30.2 Å². The van der Waals surface area contributed by atoms with Crippen molar-refractivity contribution in [3.05, 3.63) is 47.5 Å². The first-order valence-electron chi connectivity index (χ1n) is 6.40. The Hall–Kier alpha value is -2.63. The molecule has 0 unspecified atom stereocenters. The Bertz CT molecular complexity index is 649. The van der Waals surface area contributed by atoms with Crippen molar-refractivity contribution in [2.75, 3.05) is 5.32 Å². The third kappa shape index (κ3) is 2.54. The highest BCUT2D eigenvalue weighted by atomic mass is 16.2. The number of aromatic amines is 1. The number of fused-ring (bicyclic) bond motifs is 1. The summed E-state index contributed by atoms with van der Waals surface area (Å²) in [4.78, 5) is 30.2. The smallest absolute Gasteiger partial charge is 0.251 e. The first-order valence-corrected chi connectivity index (χ1v) is 6.40. The molecule has 0 radical (unpaired) electrons. The zero-order valence-corrected chi connectivity index (χ0v) is 10.8. The molecule has 6 heteroatoms. The average Bonchev–Trinajstić information content (AvgIpc) is 2.97. The zero-order chi connectivity index (χ0) is 13.9. The number of nitrogens with one attached hydrogen (secondary N) is 3. The third-order valence-electron chi connectivity index (χ3n) is 3.26. The van der Waals surface area contributed by atoms with Gasteiger partial charge >= 0.3 is 0 Å². The van der Waals surface area contributed by atoms with E-state index in [1.54, 1.807) is 24.7 Å². The number of aromatic nitrogens is 2. The fraction of sp³-hybridized carbons (Fsp3) is 0.214. The second-order valence-electron chi connectivity index (χ2n) is 4.68. The van der Waals surface area contributed by atoms with Gasteiger partial charge in [0, 0.05) is 23.9 Å². The standard InChI is InChI=1S/C14H14N4O2/c19-13-4-2-9-5-10(1-3-12(9)18-13)14(20)16-7-11-6-15-8-17-11/h1,3,5-6,8H,2,4,7H2,(H,15,17)(H,16,20)(H,18,19). The summed E-state index contributed by atoms with van der Waals surface area (Å²) in [6.45, 7) is 0.409. The number of carbonyl (C=O) groups is 2. The van der Waals surface area contributed by atoms with Crippen LogP contribution in [-0.2, 0) is 17.8 Å². The molecule has 20 heavy (non-hydrogen) atoms. The molecule has 0 spiro atoms. The maximum Gasteiger partial charge on any atom is 0.251 e. The second-order valence-corrected chi connectivity index (χ2v) is 4.68. The Morgan fingerprint density at radius 1 is 1.35 bits per heavy atom. The Labute approximate surface area is 115 Å². The van der Waals surface area contributed by atoms with Crippen LogP contribution in [0.1, 0.15) is 28.0 Å². The van der Waals surface area contributed by atoms with E-state index < -0.39 is 0 Å². The van der Waals surface area contributed by atoms with E-state index in [2.05, 4.69) is 20.6 Å². The van der Waals surface area contributed by atoms with Crippen molar-refractivity contribution in [2.24, 2.45) is 0 Å². The van der Waals surface area contributed by atoms with E-state index in [0.29, 0.717) is 24.9 Å². The lowest BCUT2D eigenvalue weighted by molar-refractivity contribution is -0.116. The van der Waals surface area contributed by atoms with E-state index in [0.717, 1.165) is 16.9 Å². The molecule has 2 aromatic rings. The van der Waals surface area contributed by atoms with Gasteiger partial charge in [-0.25, -0.2) is 4.98 Å². The summed E-state index contributed by atoms with van der Waals surface area (Å²) in [5.41, 5.74) is 3.24. The first-order chi connectivity index (χ1) is 9.72. The van der Waals surface area contributed by atoms with Crippen LogP contribution in [0.4, 0.5) is 5.69 Å². The number of imidazole rings is 1. The summed E-state index contributed by atoms with van der Waals surface area (Å²) in [6.07, 6.45) is 4.38. The normalized spacial score (nSPS) is 13.5. The van der Waals surface area contributed by atoms with Crippen LogP contribution in [0.2, 0.25) is 0 Å². The number of H-pyrrole nitrogens is 1. The lowest BCUT2D eigenvalue weighted by Gasteiger charge is -2.17. The van der Waals surface area contributed by atoms with E-state index >= 15 is 0 Å². The van der Waals surface area contributed by atoms with Gasteiger partial charge in [0.25, 0.3) is 5.91 Å². The SMILES string of the molecule is O=C1CCc2cc(C(=O)NCc3cnc[nH]3)ccc2N1. The van der Waals surface area contributed by atoms with Crippen LogP contribution in [0.15, 0.2) is 30.7 Å². The molecule has 1 aromatic heterocycles. The van der Waals surface area contributed by atoms with Gasteiger partial charge in [-0.15, -0.1) is 0 Å². The number of nitrogens with zero attached hydrogens (tertiary/aromatic N) is 1. The van der Waals surface area contributed by atoms with Crippen molar-refractivity contribution < 1.29 is 9.59 Å². The summed E-state index contributed by atoms with van der Waals surface area (Å²) in [5.74, 6) is -0.117. The van der Waals surface area contributed by atoms with E-state index in [9.17, 15) is 9.59 Å². The van der Waals surface area contributed by atoms with Gasteiger partial charge in [0.2, 0.25) is 5.91 Å². The minimum atomic E-state index is -0.140. The number of aryl methyl sites for hydroxylation is 1. The molecule has 3 rings (SSSR count). The summed E-state index contributed by atoms with van der Waals surface area (Å²) >= 11 is 0. The van der Waals surface area contributed by atoms with E-state index in [1.807, 2.05) is 6.07 Å². The summed E-state index contributed by atoms with van der Waals surface area (Å²) in [5, 5.41) is 5.62. The summed E-state index contributed by atoms with van der Waals surface area (Å²) in [6, 6.07) is 5.32. The highest BCUT2D eigenvalue weighted by molar-refractivity contribution is 5.97. The summed E-state index contributed by atoms with van der Waals surface area (Å²) in [7, 11) is 0. The number of rotatable bonds is 3. The van der Waals surface area contributed by atoms with Gasteiger partial charge in [-0.2, -0.15) is 0 Å². The highest BCUT2D eigenvalue weighted by Crippen LogP contribution is 2.23. The third-order valence-corrected chi connectivity index (χ3v) is 3.26. The van der Waals surface area contributed by atoms with Crippen molar-refractivity contribution in [1.29, 1.82) is 0 Å². The maximum absolute atomic E-state index is 12.1. The van der Waals surface area contributed by atoms with Crippen molar-refractivity contribution in [1.82, 2.24) is 15.3 Å². The van der Waals surface area contributed by atoms with Crippen LogP contribution in [0, 0.1) is 0 Å². The number of hydrogen-bond donors (Lipinski definition) is 3. The van der Waals surface area contributed by atoms with E-state index in [4.69, 9.17) is 0 Å². The summed E-state index contributed by atoms with van der Waals surface area (Å²) < 4.78 is 0. The number of carbonyl (C=O) groups excluding carboxylic acids is 2. The number of hydrogen-bond acceptors (Lipinski definition) is 3. The van der Waals surface area contributed by atoms with Crippen LogP contribution >= 0.6 is 0 Å². The zero-order valence-electron chi connectivity index (χ0n) is 10.8. The predicted octanol–water partition coefficient (Wildman–Crippen LogP) is 1.22. The number of amides is 2. The van der Waals surface area contributed by atoms with E-state index in [1.165, 1.54) is 0 Å². The second kappa shape index (κ2) is 5.16. The van der Waals surface area contributed by atoms with Gasteiger partial charge < -0.3 is 15.6 Å². The molecule has 102 valence electrons. The molecule has 1 aliphatic rings. The molecule has 0 atom stereocenters. The van der Waals surface area contributed by atoms with Gasteiger partial charge in [0.1, 0.15) is 0 Å². The Balaban J connectivity index is 1.70. The number of benzene rings is 1. The Morgan fingerprint density at radius 2 is 2.25 bits per heavy atom. The molecule has 0 fully saturated rings. The average molecular weight is 270 g/mol. The Kier molecular flexibility index (Phi) is 3.20. The van der Waals surface area contributed by atoms with Gasteiger partial charge in [-0.1, -0.05) is 0 Å². The highest BCUT2D eigenvalue weighted by Gasteiger charge is 2.16. The quantitative estimate of drug-likeness (QED) is 0.783. The lowest BCUT2D eigenvalue weighted by Crippen LogP contribution is -2.24. The molecule has 1 aliphatic heterocycles. The molecular formula is C14H14N4O2. The minimum absolute atomic E-state index is 0.0222. The lowest BCUT2D eigenvalue weighted by atomic mass is 10.00. The molecule has 0 bridgehead atoms. The van der Waals surface area contributed by atoms with Crippen LogP contribution < -0.4 is 10.6 Å². The largest absolute Gasteiger partial charge is 0.347 e. The van der Waals surface area contributed by atoms with Crippen molar-refractivity contribution in [3.63, 3.8) is 0 Å². The topological polar surface area (TPSA) is 86.9 Å². The van der Waals surface area contributed by atoms with Gasteiger partial charge in [-0.3, -0.25) is 9.59 Å². The molecule has 2 amide bonds. The van der Waals surface area contributed by atoms with Gasteiger partial charge in [0.15, 0.2) is 0 Å². The maximum atomic E-state index is 12.1. The molecule has 2 heterocycles. The van der Waals surface area contributed by atoms with Crippen molar-refractivity contribution >= 4 is 17.5 Å². The van der Waals surface area contributed by atoms with Crippen molar-refractivity contribution in [3.8, 4) is 0 Å². The Morgan fingerprint density at radius 3 is 3.05 bits per heavy atom. The van der Waals surface area contributed by atoms with Crippen LogP contribution in [0.25, 0.3) is 0 Å². The van der Waals surface area contributed by atoms with Crippen LogP contribution in [-0.4, -0.2) is 21.8 Å². The number of anilines is 1. The van der Waals surface area contributed by atoms with Gasteiger partial charge in [0.05, 0.1) is 18.6 Å². The molecular weight excluding hydrogens is 256 g/mol.